The van der Waals surface area contributed by atoms with Crippen LogP contribution in [-0.2, 0) is 82.3 Å². The number of carboxylic acids is 1. The van der Waals surface area contributed by atoms with Crippen LogP contribution >= 0.6 is 39.1 Å². The van der Waals surface area contributed by atoms with Gasteiger partial charge in [0.1, 0.15) is 97.1 Å². The lowest BCUT2D eigenvalue weighted by Gasteiger charge is -2.26. The number of nitrogen functional groups attached to an aromatic ring is 1. The van der Waals surface area contributed by atoms with E-state index in [1.165, 1.54) is 94.8 Å². The first-order valence-electron chi connectivity index (χ1n) is 42.7. The van der Waals surface area contributed by atoms with Crippen LogP contribution in [0.2, 0.25) is 10.0 Å². The Morgan fingerprint density at radius 3 is 1.09 bits per heavy atom. The Kier molecular flexibility index (Phi) is 43.6. The Morgan fingerprint density at radius 2 is 0.789 bits per heavy atom. The van der Waals surface area contributed by atoms with Crippen LogP contribution in [0, 0.1) is 17.6 Å². The maximum Gasteiger partial charge on any atom is 0.446 e. The predicted octanol–water partition coefficient (Wildman–Crippen LogP) is 18.0. The molecular formula is C97H109BrCl2F5N23O14. The molecule has 8 N–H and O–H groups in total. The zero-order valence-electron chi connectivity index (χ0n) is 78.4. The third-order valence-corrected chi connectivity index (χ3v) is 19.8. The van der Waals surface area contributed by atoms with Crippen molar-refractivity contribution in [1.29, 1.82) is 0 Å². The zero-order valence-corrected chi connectivity index (χ0v) is 81.5. The van der Waals surface area contributed by atoms with Gasteiger partial charge < -0.3 is 51.8 Å². The van der Waals surface area contributed by atoms with Crippen molar-refractivity contribution in [1.82, 2.24) is 94.5 Å². The lowest BCUT2D eigenvalue weighted by Crippen LogP contribution is -2.45. The Bertz CT molecular complexity index is 6730. The molecule has 45 heteroatoms. The Labute approximate surface area is 832 Å². The molecule has 142 heavy (non-hydrogen) atoms. The number of alkyl halides is 3. The number of hydrogen-bond donors (Lipinski definition) is 7. The molecule has 0 bridgehead atoms. The number of benzene rings is 6. The average molecular weight is 2070 g/mol. The summed E-state index contributed by atoms with van der Waals surface area (Å²) in [6.45, 7) is 23.6. The van der Waals surface area contributed by atoms with E-state index < -0.39 is 53.1 Å². The highest BCUT2D eigenvalue weighted by Gasteiger charge is 2.28. The van der Waals surface area contributed by atoms with Gasteiger partial charge in [-0.2, -0.15) is 33.6 Å². The number of hydrogen-bond acceptors (Lipinski definition) is 29. The topological polar surface area (TPSA) is 490 Å². The smallest absolute Gasteiger partial charge is 0.446 e. The van der Waals surface area contributed by atoms with E-state index in [1.54, 1.807) is 139 Å². The van der Waals surface area contributed by atoms with E-state index in [4.69, 9.17) is 48.3 Å². The summed E-state index contributed by atoms with van der Waals surface area (Å²) in [6.07, 6.45) is 14.2. The molecule has 8 aromatic heterocycles. The summed E-state index contributed by atoms with van der Waals surface area (Å²) in [7, 11) is 0. The lowest BCUT2D eigenvalue weighted by molar-refractivity contribution is -0.156. The lowest BCUT2D eigenvalue weighted by atomic mass is 10.1. The Balaban J connectivity index is 0.000000268. The largest absolute Gasteiger partial charge is 0.480 e. The third-order valence-electron chi connectivity index (χ3n) is 18.7. The number of nitrogens with one attached hydrogen (secondary N) is 5. The minimum atomic E-state index is -4.64. The number of nitrogens with zero attached hydrogens (tertiary/aromatic N) is 17. The van der Waals surface area contributed by atoms with Gasteiger partial charge in [-0.05, 0) is 153 Å². The number of esters is 2. The molecule has 6 aromatic carbocycles. The van der Waals surface area contributed by atoms with Crippen LogP contribution in [0.15, 0.2) is 189 Å². The maximum absolute atomic E-state index is 14.1. The monoisotopic (exact) mass is 2060 g/mol. The average Bonchev–Trinajstić information content (AvgIpc) is 1.65. The molecule has 0 unspecified atom stereocenters. The second kappa shape index (κ2) is 53.7. The van der Waals surface area contributed by atoms with Gasteiger partial charge in [0.15, 0.2) is 23.1 Å². The maximum atomic E-state index is 14.1. The normalized spacial score (nSPS) is 10.8. The number of aldehydes is 1. The van der Waals surface area contributed by atoms with Crippen LogP contribution in [0.1, 0.15) is 178 Å². The number of Topliss-reactive ketones (excluding diaryl/α,β-unsaturated/α-hetero) is 4. The highest BCUT2D eigenvalue weighted by molar-refractivity contribution is 9.10. The second-order valence-corrected chi connectivity index (χ2v) is 35.0. The summed E-state index contributed by atoms with van der Waals surface area (Å²) in [5.41, 5.74) is 13.4. The van der Waals surface area contributed by atoms with Crippen molar-refractivity contribution in [3.63, 3.8) is 0 Å². The molecule has 0 aliphatic rings. The van der Waals surface area contributed by atoms with E-state index in [9.17, 15) is 69.9 Å². The van der Waals surface area contributed by atoms with E-state index in [0.29, 0.717) is 84.7 Å². The molecule has 0 aliphatic heterocycles. The van der Waals surface area contributed by atoms with Crippen LogP contribution < -0.4 is 32.3 Å². The van der Waals surface area contributed by atoms with Crippen LogP contribution in [0.25, 0.3) is 43.6 Å². The highest BCUT2D eigenvalue weighted by Crippen LogP contribution is 2.32. The molecule has 0 spiro atoms. The number of ketones is 4. The predicted molar refractivity (Wildman–Crippen MR) is 531 cm³/mol. The first-order valence-corrected chi connectivity index (χ1v) is 44.2. The van der Waals surface area contributed by atoms with Crippen molar-refractivity contribution in [2.75, 3.05) is 28.2 Å². The number of carbonyl (C=O) groups excluding carboxylic acids is 10. The number of carboxylic acid groups (broad SMARTS) is 1. The van der Waals surface area contributed by atoms with Gasteiger partial charge in [-0.1, -0.05) is 92.1 Å². The van der Waals surface area contributed by atoms with Crippen molar-refractivity contribution in [3.8, 4) is 0 Å². The summed E-state index contributed by atoms with van der Waals surface area (Å²) >= 11 is 14.8. The van der Waals surface area contributed by atoms with Gasteiger partial charge in [0.25, 0.3) is 0 Å². The van der Waals surface area contributed by atoms with Gasteiger partial charge in [0.05, 0.1) is 111 Å². The fourth-order valence-corrected chi connectivity index (χ4v) is 13.5. The van der Waals surface area contributed by atoms with Crippen LogP contribution in [0.3, 0.4) is 0 Å². The summed E-state index contributed by atoms with van der Waals surface area (Å²) in [6, 6.07) is 30.6. The summed E-state index contributed by atoms with van der Waals surface area (Å²) in [4.78, 5) is 161. The standard InChI is InChI=1S/C27H27ClFN7O3.C19H21N5O3.C15H17BrN2O3.C15H13N5O3.C13H17ClFNO.C4H5N3.C2HF3O.2CH4/c1-16(2)35(13-24(38)32-10-18-5-4-6-22(28)26(18)29)25(39)14-36-23-8-7-19(33-20-11-30-15-31-12-20)9-21(23)27(34-36)17(3)37;1-12(25)18-15-7-13(22-14-8-20-11-21-9-14)5-6-16(15)24(23-18)10-17(26)27-19(2,3)4;1-9(19)14-11-7-10(16)5-6-12(11)18(17-14)8-13(20)21-15(2,3)4;1-9(21)15-12-4-10(18-11-5-16-8-17-6-11)2-3-13(12)20(19-15)7-14(22)23;1-9(2)6-7-12(17)16-8-10-4-3-5-11(14)13(10)15;5-4-1-6-3-7-2-4;3-2(4,5)1-6;;/h4-9,11-12,15-16,33H,10,13-14H2,1-3H3,(H,32,38);5-9,11,22H,10H2,1-4H3;5-7H,8H2,1-4H3;2-6,8,18H,7H2,1H3,(H,22,23);3-5,9H,6-8H2,1-2H3,(H,16,17);1-3H,5H2;1H;2*1H4. The molecule has 14 aromatic rings. The first kappa shape index (κ1) is 115. The summed E-state index contributed by atoms with van der Waals surface area (Å²) in [5.74, 6) is -4.05. The van der Waals surface area contributed by atoms with E-state index in [1.807, 2.05) is 57.2 Å². The van der Waals surface area contributed by atoms with Crippen molar-refractivity contribution >= 4 is 188 Å². The fraction of sp³-hybridized carbons (Fsp3) is 0.309. The summed E-state index contributed by atoms with van der Waals surface area (Å²) < 4.78 is 76.1. The Morgan fingerprint density at radius 1 is 0.472 bits per heavy atom. The van der Waals surface area contributed by atoms with E-state index in [0.717, 1.165) is 38.9 Å². The van der Waals surface area contributed by atoms with E-state index >= 15 is 0 Å². The van der Waals surface area contributed by atoms with Crippen molar-refractivity contribution in [2.24, 2.45) is 5.92 Å². The van der Waals surface area contributed by atoms with Crippen LogP contribution in [0.5, 0.6) is 0 Å². The Hall–Kier alpha value is -15.4. The number of nitrogens with two attached hydrogens (primary N) is 1. The number of rotatable bonds is 28. The van der Waals surface area contributed by atoms with E-state index in [-0.39, 0.29) is 135 Å². The van der Waals surface area contributed by atoms with Gasteiger partial charge >= 0.3 is 24.1 Å². The van der Waals surface area contributed by atoms with Gasteiger partial charge in [-0.25, -0.2) is 48.7 Å². The number of ether oxygens (including phenoxy) is 2. The van der Waals surface area contributed by atoms with Crippen molar-refractivity contribution in [2.45, 2.75) is 187 Å². The number of amides is 3. The molecule has 8 heterocycles. The fourth-order valence-electron chi connectivity index (χ4n) is 12.7. The van der Waals surface area contributed by atoms with Crippen LogP contribution in [-0.4, -0.2) is 184 Å². The van der Waals surface area contributed by atoms with Crippen LogP contribution in [0.4, 0.5) is 61.8 Å². The molecule has 0 saturated heterocycles. The molecule has 0 saturated carbocycles. The third kappa shape index (κ3) is 36.4. The SMILES string of the molecule is C.C.CC(=O)c1nn(CC(=O)N(CC(=O)NCc2cccc(Cl)c2F)C(C)C)c2ccc(Nc3cncnc3)cc12.CC(=O)c1nn(CC(=O)O)c2ccc(Nc3cncnc3)cc12.CC(=O)c1nn(CC(=O)OC(C)(C)C)c2ccc(Br)cc12.CC(=O)c1nn(CC(=O)OC(C)(C)C)c2ccc(Nc3cncnc3)cc12.CC(C)CCC(=O)NCc1cccc(Cl)c1F.Nc1cncnc1.O=CC(F)(F)F. The molecule has 0 aliphatic carbocycles. The number of aliphatic carboxylic acids is 1. The van der Waals surface area contributed by atoms with Crippen molar-refractivity contribution < 1.29 is 89.3 Å². The highest BCUT2D eigenvalue weighted by atomic mass is 79.9. The number of fused-ring (bicyclic) bond motifs is 4. The summed E-state index contributed by atoms with van der Waals surface area (Å²) in [5, 5.41) is 43.4. The van der Waals surface area contributed by atoms with E-state index in [2.05, 4.69) is 117 Å². The number of aromatic nitrogens is 16. The number of halogens is 8. The molecule has 14 rings (SSSR count). The molecular weight excluding hydrogens is 1960 g/mol. The van der Waals surface area contributed by atoms with Gasteiger partial charge in [-0.15, -0.1) is 0 Å². The molecule has 37 nitrogen and oxygen atoms in total. The molecule has 0 atom stereocenters. The van der Waals surface area contributed by atoms with Gasteiger partial charge in [-0.3, -0.25) is 71.5 Å². The number of anilines is 7. The quantitative estimate of drug-likeness (QED) is 0.0104. The minimum absolute atomic E-state index is 0. The first-order chi connectivity index (χ1) is 66.0. The molecule has 3 amide bonds. The minimum Gasteiger partial charge on any atom is -0.480 e. The molecule has 0 radical (unpaired) electrons. The van der Waals surface area contributed by atoms with Gasteiger partial charge in [0, 0.05) is 107 Å². The zero-order chi connectivity index (χ0) is 103. The van der Waals surface area contributed by atoms with Gasteiger partial charge in [0.2, 0.25) is 24.0 Å². The second-order valence-electron chi connectivity index (χ2n) is 33.3. The van der Waals surface area contributed by atoms with Crippen molar-refractivity contribution in [3.05, 3.63) is 244 Å². The molecule has 752 valence electrons. The molecule has 0 fully saturated rings. The number of carbonyl (C=O) groups is 11.